The van der Waals surface area contributed by atoms with Gasteiger partial charge in [0.25, 0.3) is 0 Å². The van der Waals surface area contributed by atoms with E-state index >= 15 is 0 Å². The fourth-order valence-corrected chi connectivity index (χ4v) is 2.58. The first-order chi connectivity index (χ1) is 11.1. The molecule has 120 valence electrons. The van der Waals surface area contributed by atoms with Crippen molar-refractivity contribution in [2.75, 3.05) is 7.11 Å². The van der Waals surface area contributed by atoms with Gasteiger partial charge in [-0.3, -0.25) is 4.79 Å². The fraction of sp³-hybridized carbons (Fsp3) is 0.222. The number of hydrogen-bond donors (Lipinski definition) is 1. The molecule has 1 amide bonds. The van der Waals surface area contributed by atoms with Crippen LogP contribution in [-0.2, 0) is 27.2 Å². The second-order valence-corrected chi connectivity index (χ2v) is 6.38. The molecular weight excluding hydrogens is 405 g/mol. The van der Waals surface area contributed by atoms with E-state index in [4.69, 9.17) is 4.74 Å². The van der Waals surface area contributed by atoms with Gasteiger partial charge in [0.05, 0.1) is 13.5 Å². The summed E-state index contributed by atoms with van der Waals surface area (Å²) in [6, 6.07) is 16.6. The van der Waals surface area contributed by atoms with Crippen molar-refractivity contribution in [3.63, 3.8) is 0 Å². The molecular formula is C18H18INO3. The molecule has 0 aliphatic rings. The lowest BCUT2D eigenvalue weighted by atomic mass is 10.1. The topological polar surface area (TPSA) is 55.4 Å². The van der Waals surface area contributed by atoms with E-state index in [1.807, 2.05) is 54.6 Å². The Labute approximate surface area is 149 Å². The minimum absolute atomic E-state index is 0.197. The normalized spacial score (nSPS) is 11.6. The van der Waals surface area contributed by atoms with Crippen molar-refractivity contribution >= 4 is 34.5 Å². The first kappa shape index (κ1) is 17.5. The number of esters is 1. The van der Waals surface area contributed by atoms with Crippen molar-refractivity contribution in [2.24, 2.45) is 0 Å². The Morgan fingerprint density at radius 2 is 1.70 bits per heavy atom. The van der Waals surface area contributed by atoms with Gasteiger partial charge in [-0.15, -0.1) is 0 Å². The first-order valence-electron chi connectivity index (χ1n) is 7.24. The molecule has 0 bridgehead atoms. The van der Waals surface area contributed by atoms with Crippen molar-refractivity contribution < 1.29 is 14.3 Å². The number of halogens is 1. The Morgan fingerprint density at radius 1 is 1.04 bits per heavy atom. The van der Waals surface area contributed by atoms with E-state index in [1.54, 1.807) is 0 Å². The number of carbonyl (C=O) groups is 2. The van der Waals surface area contributed by atoms with Gasteiger partial charge in [0.15, 0.2) is 0 Å². The van der Waals surface area contributed by atoms with Gasteiger partial charge in [-0.2, -0.15) is 0 Å². The monoisotopic (exact) mass is 423 g/mol. The number of carbonyl (C=O) groups excluding carboxylic acids is 2. The molecule has 0 aliphatic carbocycles. The molecule has 1 N–H and O–H groups in total. The van der Waals surface area contributed by atoms with E-state index in [9.17, 15) is 9.59 Å². The van der Waals surface area contributed by atoms with Gasteiger partial charge in [0.1, 0.15) is 6.04 Å². The van der Waals surface area contributed by atoms with Crippen molar-refractivity contribution in [1.82, 2.24) is 5.32 Å². The first-order valence-corrected chi connectivity index (χ1v) is 8.32. The molecule has 2 rings (SSSR count). The largest absolute Gasteiger partial charge is 0.467 e. The lowest BCUT2D eigenvalue weighted by Crippen LogP contribution is -2.43. The van der Waals surface area contributed by atoms with E-state index in [1.165, 1.54) is 7.11 Å². The molecule has 0 aliphatic heterocycles. The molecule has 0 fully saturated rings. The zero-order valence-corrected chi connectivity index (χ0v) is 14.9. The predicted octanol–water partition coefficient (Wildman–Crippen LogP) is 2.73. The highest BCUT2D eigenvalue weighted by Crippen LogP contribution is 2.10. The molecule has 0 spiro atoms. The zero-order chi connectivity index (χ0) is 16.7. The number of rotatable bonds is 6. The van der Waals surface area contributed by atoms with Gasteiger partial charge >= 0.3 is 5.97 Å². The summed E-state index contributed by atoms with van der Waals surface area (Å²) in [5, 5.41) is 2.76. The summed E-state index contributed by atoms with van der Waals surface area (Å²) >= 11 is 2.22. The summed E-state index contributed by atoms with van der Waals surface area (Å²) in [5.74, 6) is -0.637. The smallest absolute Gasteiger partial charge is 0.328 e. The number of nitrogens with one attached hydrogen (secondary N) is 1. The van der Waals surface area contributed by atoms with Crippen LogP contribution in [0.25, 0.3) is 0 Å². The van der Waals surface area contributed by atoms with Gasteiger partial charge < -0.3 is 10.1 Å². The van der Waals surface area contributed by atoms with Gasteiger partial charge in [-0.05, 0) is 45.9 Å². The van der Waals surface area contributed by atoms with Crippen LogP contribution in [0.1, 0.15) is 11.1 Å². The summed E-state index contributed by atoms with van der Waals surface area (Å²) in [4.78, 5) is 24.1. The summed E-state index contributed by atoms with van der Waals surface area (Å²) < 4.78 is 5.92. The van der Waals surface area contributed by atoms with E-state index < -0.39 is 12.0 Å². The molecule has 0 saturated carbocycles. The third-order valence-electron chi connectivity index (χ3n) is 3.38. The minimum Gasteiger partial charge on any atom is -0.467 e. The van der Waals surface area contributed by atoms with Gasteiger partial charge in [-0.25, -0.2) is 4.79 Å². The number of hydrogen-bond acceptors (Lipinski definition) is 3. The third kappa shape index (κ3) is 5.67. The molecule has 0 radical (unpaired) electrons. The van der Waals surface area contributed by atoms with Crippen LogP contribution in [0.3, 0.4) is 0 Å². The van der Waals surface area contributed by atoms with Crippen molar-refractivity contribution in [1.29, 1.82) is 0 Å². The molecule has 5 heteroatoms. The second kappa shape index (κ2) is 8.67. The highest BCUT2D eigenvalue weighted by atomic mass is 127. The van der Waals surface area contributed by atoms with Crippen molar-refractivity contribution in [3.05, 3.63) is 69.3 Å². The fourth-order valence-electron chi connectivity index (χ4n) is 2.22. The highest BCUT2D eigenvalue weighted by molar-refractivity contribution is 14.1. The lowest BCUT2D eigenvalue weighted by molar-refractivity contribution is -0.145. The number of amides is 1. The maximum atomic E-state index is 12.2. The van der Waals surface area contributed by atoms with E-state index in [-0.39, 0.29) is 12.3 Å². The summed E-state index contributed by atoms with van der Waals surface area (Å²) in [6.07, 6.45) is 0.644. The van der Waals surface area contributed by atoms with Crippen LogP contribution in [0.4, 0.5) is 0 Å². The van der Waals surface area contributed by atoms with Gasteiger partial charge in [0.2, 0.25) is 5.91 Å². The van der Waals surface area contributed by atoms with Crippen LogP contribution in [0.2, 0.25) is 0 Å². The lowest BCUT2D eigenvalue weighted by Gasteiger charge is -2.17. The molecule has 23 heavy (non-hydrogen) atoms. The number of methoxy groups -OCH3 is 1. The highest BCUT2D eigenvalue weighted by Gasteiger charge is 2.22. The third-order valence-corrected chi connectivity index (χ3v) is 4.10. The van der Waals surface area contributed by atoms with E-state index in [2.05, 4.69) is 27.9 Å². The van der Waals surface area contributed by atoms with Gasteiger partial charge in [0, 0.05) is 9.99 Å². The molecule has 0 saturated heterocycles. The second-order valence-electron chi connectivity index (χ2n) is 5.14. The molecule has 2 aromatic carbocycles. The summed E-state index contributed by atoms with van der Waals surface area (Å²) in [7, 11) is 1.33. The Kier molecular flexibility index (Phi) is 6.58. The quantitative estimate of drug-likeness (QED) is 0.575. The van der Waals surface area contributed by atoms with Gasteiger partial charge in [-0.1, -0.05) is 42.5 Å². The van der Waals surface area contributed by atoms with E-state index in [0.717, 1.165) is 14.7 Å². The standard InChI is InChI=1S/C18H18INO3/c1-23-18(22)16(11-14-7-9-15(19)10-8-14)20-17(21)12-13-5-3-2-4-6-13/h2-10,16H,11-12H2,1H3,(H,20,21)/t16-/m0/s1. The summed E-state index contributed by atoms with van der Waals surface area (Å²) in [5.41, 5.74) is 1.88. The van der Waals surface area contributed by atoms with Crippen LogP contribution >= 0.6 is 22.6 Å². The van der Waals surface area contributed by atoms with Crippen LogP contribution in [0.5, 0.6) is 0 Å². The molecule has 4 nitrogen and oxygen atoms in total. The number of benzene rings is 2. The molecule has 0 heterocycles. The average molecular weight is 423 g/mol. The number of ether oxygens (including phenoxy) is 1. The molecule has 1 atom stereocenters. The molecule has 0 aromatic heterocycles. The summed E-state index contributed by atoms with van der Waals surface area (Å²) in [6.45, 7) is 0. The minimum atomic E-state index is -0.684. The Balaban J connectivity index is 2.02. The SMILES string of the molecule is COC(=O)[C@H](Cc1ccc(I)cc1)NC(=O)Cc1ccccc1. The Bertz CT molecular complexity index is 656. The Hall–Kier alpha value is -1.89. The molecule has 0 unspecified atom stereocenters. The molecule has 2 aromatic rings. The van der Waals surface area contributed by atoms with Crippen LogP contribution < -0.4 is 5.32 Å². The van der Waals surface area contributed by atoms with Crippen molar-refractivity contribution in [2.45, 2.75) is 18.9 Å². The maximum Gasteiger partial charge on any atom is 0.328 e. The predicted molar refractivity (Wildman–Crippen MR) is 97.0 cm³/mol. The maximum absolute atomic E-state index is 12.2. The van der Waals surface area contributed by atoms with E-state index in [0.29, 0.717) is 6.42 Å². The van der Waals surface area contributed by atoms with Crippen molar-refractivity contribution in [3.8, 4) is 0 Å². The van der Waals surface area contributed by atoms with Crippen LogP contribution in [0.15, 0.2) is 54.6 Å². The van der Waals surface area contributed by atoms with Crippen LogP contribution in [0, 0.1) is 3.57 Å². The Morgan fingerprint density at radius 3 is 2.30 bits per heavy atom. The average Bonchev–Trinajstić information content (AvgIpc) is 2.56. The van der Waals surface area contributed by atoms with Crippen LogP contribution in [-0.4, -0.2) is 25.0 Å². The zero-order valence-electron chi connectivity index (χ0n) is 12.8.